The molecule has 0 saturated heterocycles. The van der Waals surface area contributed by atoms with Crippen LogP contribution in [0.25, 0.3) is 10.9 Å². The molecule has 1 heterocycles. The summed E-state index contributed by atoms with van der Waals surface area (Å²) in [4.78, 5) is 15.7. The summed E-state index contributed by atoms with van der Waals surface area (Å²) in [6, 6.07) is 8.42. The topological polar surface area (TPSA) is 68.0 Å². The maximum absolute atomic E-state index is 14.6. The van der Waals surface area contributed by atoms with Crippen molar-refractivity contribution in [1.82, 2.24) is 10.4 Å². The van der Waals surface area contributed by atoms with E-state index in [1.54, 1.807) is 30.5 Å². The van der Waals surface area contributed by atoms with Crippen molar-refractivity contribution in [3.8, 4) is 0 Å². The second-order valence-electron chi connectivity index (χ2n) is 3.59. The number of alkyl halides is 2. The highest BCUT2D eigenvalue weighted by molar-refractivity contribution is 14.2. The van der Waals surface area contributed by atoms with Crippen molar-refractivity contribution in [3.05, 3.63) is 42.1 Å². The van der Waals surface area contributed by atoms with Crippen LogP contribution in [0.15, 0.2) is 36.5 Å². The molecular weight excluding hydrogens is 348 g/mol. The molecule has 1 amide bonds. The predicted octanol–water partition coefficient (Wildman–Crippen LogP) is 1.75. The summed E-state index contributed by atoms with van der Waals surface area (Å²) in [7, 11) is 0. The van der Waals surface area contributed by atoms with Gasteiger partial charge in [0.2, 0.25) is 0 Å². The molecular formula is C12H11FIN3O. The zero-order valence-electron chi connectivity index (χ0n) is 9.36. The summed E-state index contributed by atoms with van der Waals surface area (Å²) >= 11 is -1.25. The van der Waals surface area contributed by atoms with E-state index in [9.17, 15) is 9.18 Å². The van der Waals surface area contributed by atoms with Gasteiger partial charge in [-0.2, -0.15) is 0 Å². The minimum atomic E-state index is -2.11. The van der Waals surface area contributed by atoms with Gasteiger partial charge in [-0.1, -0.05) is 37.4 Å². The third kappa shape index (κ3) is 2.13. The molecule has 0 aliphatic heterocycles. The van der Waals surface area contributed by atoms with Crippen LogP contribution >= 0.6 is 20.7 Å². The van der Waals surface area contributed by atoms with E-state index in [1.165, 1.54) is 0 Å². The van der Waals surface area contributed by atoms with Gasteiger partial charge < -0.3 is 0 Å². The smallest absolute Gasteiger partial charge is 0.286 e. The summed E-state index contributed by atoms with van der Waals surface area (Å²) in [5.41, 5.74) is 2.88. The van der Waals surface area contributed by atoms with Crippen molar-refractivity contribution in [1.29, 1.82) is 0 Å². The fourth-order valence-corrected chi connectivity index (χ4v) is 2.91. The Morgan fingerprint density at radius 1 is 1.50 bits per heavy atom. The van der Waals surface area contributed by atoms with E-state index in [4.69, 9.17) is 5.84 Å². The molecule has 0 radical (unpaired) electrons. The van der Waals surface area contributed by atoms with Crippen LogP contribution in [0.1, 0.15) is 5.56 Å². The van der Waals surface area contributed by atoms with Gasteiger partial charge in [0.05, 0.1) is 5.52 Å². The predicted molar refractivity (Wildman–Crippen MR) is 78.0 cm³/mol. The van der Waals surface area contributed by atoms with Crippen molar-refractivity contribution in [3.63, 3.8) is 0 Å². The van der Waals surface area contributed by atoms with Gasteiger partial charge in [-0.15, -0.1) is 0 Å². The highest BCUT2D eigenvalue weighted by atomic mass is 127. The van der Waals surface area contributed by atoms with Gasteiger partial charge in [-0.3, -0.25) is 15.2 Å². The zero-order chi connectivity index (χ0) is 13.2. The third-order valence-electron chi connectivity index (χ3n) is 2.57. The molecule has 1 atom stereocenters. The second-order valence-corrected chi connectivity index (χ2v) is 5.84. The Balaban J connectivity index is 2.59. The maximum Gasteiger partial charge on any atom is 0.286 e. The molecule has 2 rings (SSSR count). The van der Waals surface area contributed by atoms with Crippen LogP contribution in [-0.2, 0) is 8.47 Å². The lowest BCUT2D eigenvalue weighted by atomic mass is 10.1. The Labute approximate surface area is 113 Å². The Hall–Kier alpha value is -1.41. The quantitative estimate of drug-likeness (QED) is 0.289. The molecule has 18 heavy (non-hydrogen) atoms. The van der Waals surface area contributed by atoms with Crippen LogP contribution in [-0.4, -0.2) is 15.4 Å². The van der Waals surface area contributed by atoms with Crippen molar-refractivity contribution in [2.24, 2.45) is 5.84 Å². The SMILES string of the molecule is C=IC(F)(C(=O)NN)c1ccc2ncccc2c1. The molecule has 3 N–H and O–H groups in total. The lowest BCUT2D eigenvalue weighted by molar-refractivity contribution is -0.127. The minimum Gasteiger partial charge on any atom is -0.290 e. The Morgan fingerprint density at radius 3 is 2.94 bits per heavy atom. The maximum atomic E-state index is 14.6. The van der Waals surface area contributed by atoms with Crippen LogP contribution in [0.5, 0.6) is 0 Å². The van der Waals surface area contributed by atoms with Crippen LogP contribution in [0, 0.1) is 0 Å². The Morgan fingerprint density at radius 2 is 2.28 bits per heavy atom. The monoisotopic (exact) mass is 359 g/mol. The largest absolute Gasteiger partial charge is 0.290 e. The van der Waals surface area contributed by atoms with E-state index < -0.39 is 30.3 Å². The number of fused-ring (bicyclic) bond motifs is 1. The number of carbonyl (C=O) groups excluding carboxylic acids is 1. The average molecular weight is 359 g/mol. The van der Waals surface area contributed by atoms with Gasteiger partial charge in [0, 0.05) is 17.1 Å². The van der Waals surface area contributed by atoms with E-state index in [-0.39, 0.29) is 5.56 Å². The first kappa shape index (κ1) is 13.0. The van der Waals surface area contributed by atoms with Gasteiger partial charge in [0.15, 0.2) is 0 Å². The lowest BCUT2D eigenvalue weighted by Gasteiger charge is -2.19. The number of benzene rings is 1. The second kappa shape index (κ2) is 5.07. The standard InChI is InChI=1S/C12H11FIN3O/c1-14-12(13,11(18)17-15)9-4-5-10-8(7-9)3-2-6-16-10/h2-7H,1,15H2,(H,17,18). The lowest BCUT2D eigenvalue weighted by Crippen LogP contribution is -2.41. The Kier molecular flexibility index (Phi) is 3.67. The number of nitrogens with one attached hydrogen (secondary N) is 1. The molecule has 0 aliphatic carbocycles. The molecule has 94 valence electrons. The number of amides is 1. The van der Waals surface area contributed by atoms with E-state index in [1.807, 2.05) is 11.5 Å². The molecule has 0 saturated carbocycles. The number of halogens is 2. The highest BCUT2D eigenvalue weighted by Gasteiger charge is 2.38. The van der Waals surface area contributed by atoms with Gasteiger partial charge in [-0.25, -0.2) is 10.2 Å². The Bertz CT molecular complexity index is 619. The minimum absolute atomic E-state index is 0.272. The first-order valence-corrected chi connectivity index (χ1v) is 7.67. The molecule has 4 nitrogen and oxygen atoms in total. The number of rotatable bonds is 3. The molecule has 0 fully saturated rings. The number of hydrogen-bond acceptors (Lipinski definition) is 3. The zero-order valence-corrected chi connectivity index (χ0v) is 11.5. The van der Waals surface area contributed by atoms with E-state index in [0.717, 1.165) is 10.9 Å². The highest BCUT2D eigenvalue weighted by Crippen LogP contribution is 2.38. The number of hydrazine groups is 1. The fourth-order valence-electron chi connectivity index (χ4n) is 1.63. The molecule has 1 aromatic heterocycles. The van der Waals surface area contributed by atoms with Crippen molar-refractivity contribution >= 4 is 42.1 Å². The van der Waals surface area contributed by atoms with Crippen LogP contribution in [0.3, 0.4) is 0 Å². The van der Waals surface area contributed by atoms with E-state index >= 15 is 0 Å². The summed E-state index contributed by atoms with van der Waals surface area (Å²) in [6.07, 6.45) is 1.66. The summed E-state index contributed by atoms with van der Waals surface area (Å²) in [5, 5.41) is 0.777. The van der Waals surface area contributed by atoms with E-state index in [2.05, 4.69) is 9.50 Å². The van der Waals surface area contributed by atoms with Crippen LogP contribution in [0.4, 0.5) is 4.39 Å². The number of carbonyl (C=O) groups is 1. The number of nitrogens with zero attached hydrogens (tertiary/aromatic N) is 1. The first-order valence-electron chi connectivity index (χ1n) is 5.06. The van der Waals surface area contributed by atoms with E-state index in [0.29, 0.717) is 0 Å². The van der Waals surface area contributed by atoms with Crippen molar-refractivity contribution in [2.75, 3.05) is 0 Å². The first-order chi connectivity index (χ1) is 8.61. The number of pyridine rings is 1. The van der Waals surface area contributed by atoms with Gasteiger partial charge in [0.25, 0.3) is 9.58 Å². The fraction of sp³-hybridized carbons (Fsp3) is 0.0833. The number of nitrogens with two attached hydrogens (primary N) is 1. The summed E-state index contributed by atoms with van der Waals surface area (Å²) in [5.74, 6) is 4.17. The van der Waals surface area contributed by atoms with Crippen LogP contribution in [0.2, 0.25) is 0 Å². The van der Waals surface area contributed by atoms with Gasteiger partial charge in [0.1, 0.15) is 0 Å². The van der Waals surface area contributed by atoms with Crippen molar-refractivity contribution in [2.45, 2.75) is 3.68 Å². The molecule has 1 unspecified atom stereocenters. The molecule has 0 spiro atoms. The normalized spacial score (nSPS) is 14.1. The average Bonchev–Trinajstić information content (AvgIpc) is 2.44. The van der Waals surface area contributed by atoms with Crippen molar-refractivity contribution < 1.29 is 9.18 Å². The number of aromatic nitrogens is 1. The molecule has 2 aromatic rings. The number of hydrogen-bond donors (Lipinski definition) is 2. The molecule has 1 aromatic carbocycles. The molecule has 0 bridgehead atoms. The van der Waals surface area contributed by atoms with Gasteiger partial charge >= 0.3 is 0 Å². The molecule has 0 aliphatic rings. The summed E-state index contributed by atoms with van der Waals surface area (Å²) < 4.78 is 16.1. The van der Waals surface area contributed by atoms with Gasteiger partial charge in [-0.05, 0) is 18.2 Å². The molecule has 6 heteroatoms. The summed E-state index contributed by atoms with van der Waals surface area (Å²) in [6.45, 7) is 0. The third-order valence-corrected chi connectivity index (χ3v) is 4.73. The van der Waals surface area contributed by atoms with Crippen LogP contribution < -0.4 is 11.3 Å².